The molecule has 0 aliphatic heterocycles. The van der Waals surface area contributed by atoms with Crippen LogP contribution in [0.15, 0.2) is 60.8 Å². The highest BCUT2D eigenvalue weighted by Crippen LogP contribution is 2.22. The summed E-state index contributed by atoms with van der Waals surface area (Å²) in [6.45, 7) is 1.92. The van der Waals surface area contributed by atoms with Crippen LogP contribution in [0.4, 0.5) is 20.6 Å². The maximum atomic E-state index is 13.7. The van der Waals surface area contributed by atoms with Crippen LogP contribution in [0.25, 0.3) is 11.1 Å². The zero-order valence-electron chi connectivity index (χ0n) is 14.0. The highest BCUT2D eigenvalue weighted by atomic mass is 19.1. The van der Waals surface area contributed by atoms with Crippen LogP contribution >= 0.6 is 0 Å². The summed E-state index contributed by atoms with van der Waals surface area (Å²) in [5.41, 5.74) is 3.72. The summed E-state index contributed by atoms with van der Waals surface area (Å²) in [6.07, 6.45) is 1.74. The van der Waals surface area contributed by atoms with Crippen LogP contribution in [0.1, 0.15) is 11.3 Å². The fourth-order valence-electron chi connectivity index (χ4n) is 2.45. The SMILES string of the molecule is Cc1cc(-c2ccc(NC(=O)Nc3cc(C#N)ccc3F)cc2)ccn1. The summed E-state index contributed by atoms with van der Waals surface area (Å²) < 4.78 is 13.7. The van der Waals surface area contributed by atoms with Gasteiger partial charge in [-0.3, -0.25) is 4.98 Å². The average Bonchev–Trinajstić information content (AvgIpc) is 2.64. The number of carbonyl (C=O) groups excluding carboxylic acids is 1. The van der Waals surface area contributed by atoms with Crippen molar-refractivity contribution in [1.82, 2.24) is 4.98 Å². The Labute approximate surface area is 150 Å². The summed E-state index contributed by atoms with van der Waals surface area (Å²) in [7, 11) is 0. The summed E-state index contributed by atoms with van der Waals surface area (Å²) in [5.74, 6) is -0.609. The summed E-state index contributed by atoms with van der Waals surface area (Å²) in [5, 5.41) is 13.9. The lowest BCUT2D eigenvalue weighted by Gasteiger charge is -2.09. The number of carbonyl (C=O) groups is 1. The fraction of sp³-hybridized carbons (Fsp3) is 0.0500. The van der Waals surface area contributed by atoms with Gasteiger partial charge in [-0.15, -0.1) is 0 Å². The van der Waals surface area contributed by atoms with Gasteiger partial charge in [-0.1, -0.05) is 12.1 Å². The molecule has 0 radical (unpaired) electrons. The van der Waals surface area contributed by atoms with E-state index in [-0.39, 0.29) is 11.3 Å². The van der Waals surface area contributed by atoms with Gasteiger partial charge in [0, 0.05) is 17.6 Å². The molecule has 2 amide bonds. The molecular formula is C20H15FN4O. The third-order valence-corrected chi connectivity index (χ3v) is 3.72. The summed E-state index contributed by atoms with van der Waals surface area (Å²) >= 11 is 0. The Morgan fingerprint density at radius 2 is 1.81 bits per heavy atom. The zero-order chi connectivity index (χ0) is 18.5. The summed E-state index contributed by atoms with van der Waals surface area (Å²) in [4.78, 5) is 16.2. The number of pyridine rings is 1. The third kappa shape index (κ3) is 4.02. The molecular weight excluding hydrogens is 331 g/mol. The van der Waals surface area contributed by atoms with Crippen LogP contribution in [0.5, 0.6) is 0 Å². The number of urea groups is 1. The molecule has 0 unspecified atom stereocenters. The quantitative estimate of drug-likeness (QED) is 0.721. The van der Waals surface area contributed by atoms with Crippen LogP contribution in [0, 0.1) is 24.1 Å². The maximum absolute atomic E-state index is 13.7. The van der Waals surface area contributed by atoms with Crippen molar-refractivity contribution in [3.05, 3.63) is 77.9 Å². The predicted molar refractivity (Wildman–Crippen MR) is 98.2 cm³/mol. The molecule has 26 heavy (non-hydrogen) atoms. The van der Waals surface area contributed by atoms with Gasteiger partial charge in [0.25, 0.3) is 0 Å². The van der Waals surface area contributed by atoms with Crippen molar-refractivity contribution in [2.75, 3.05) is 10.6 Å². The number of amides is 2. The van der Waals surface area contributed by atoms with Crippen LogP contribution in [0.2, 0.25) is 0 Å². The Morgan fingerprint density at radius 1 is 1.04 bits per heavy atom. The van der Waals surface area contributed by atoms with Crippen molar-refractivity contribution < 1.29 is 9.18 Å². The molecule has 3 aromatic rings. The van der Waals surface area contributed by atoms with Gasteiger partial charge in [-0.05, 0) is 60.5 Å². The molecule has 0 fully saturated rings. The molecule has 0 saturated carbocycles. The Hall–Kier alpha value is -3.72. The molecule has 1 heterocycles. The molecule has 6 heteroatoms. The number of halogens is 1. The van der Waals surface area contributed by atoms with E-state index >= 15 is 0 Å². The Kier molecular flexibility index (Phi) is 4.90. The number of nitrogens with zero attached hydrogens (tertiary/aromatic N) is 2. The molecule has 2 aromatic carbocycles. The highest BCUT2D eigenvalue weighted by molar-refractivity contribution is 6.00. The lowest BCUT2D eigenvalue weighted by atomic mass is 10.1. The van der Waals surface area contributed by atoms with E-state index in [0.29, 0.717) is 5.69 Å². The first kappa shape index (κ1) is 17.1. The monoisotopic (exact) mass is 346 g/mol. The number of hydrogen-bond acceptors (Lipinski definition) is 3. The highest BCUT2D eigenvalue weighted by Gasteiger charge is 2.08. The van der Waals surface area contributed by atoms with Crippen molar-refractivity contribution in [1.29, 1.82) is 5.26 Å². The van der Waals surface area contributed by atoms with Gasteiger partial charge >= 0.3 is 6.03 Å². The molecule has 2 N–H and O–H groups in total. The van der Waals surface area contributed by atoms with Gasteiger partial charge < -0.3 is 10.6 Å². The second-order valence-corrected chi connectivity index (χ2v) is 5.65. The third-order valence-electron chi connectivity index (χ3n) is 3.72. The molecule has 5 nitrogen and oxygen atoms in total. The smallest absolute Gasteiger partial charge is 0.308 e. The number of benzene rings is 2. The first-order valence-electron chi connectivity index (χ1n) is 7.86. The van der Waals surface area contributed by atoms with Gasteiger partial charge in [0.15, 0.2) is 0 Å². The minimum absolute atomic E-state index is 0.0505. The molecule has 0 saturated heterocycles. The second kappa shape index (κ2) is 7.45. The molecule has 0 aliphatic carbocycles. The lowest BCUT2D eigenvalue weighted by Crippen LogP contribution is -2.20. The first-order chi connectivity index (χ1) is 12.5. The predicted octanol–water partition coefficient (Wildman–Crippen LogP) is 4.71. The molecule has 0 bridgehead atoms. The fourth-order valence-corrected chi connectivity index (χ4v) is 2.45. The first-order valence-corrected chi connectivity index (χ1v) is 7.86. The number of anilines is 2. The molecule has 0 atom stereocenters. The molecule has 0 spiro atoms. The second-order valence-electron chi connectivity index (χ2n) is 5.65. The Balaban J connectivity index is 1.69. The van der Waals surface area contributed by atoms with E-state index in [2.05, 4.69) is 15.6 Å². The van der Waals surface area contributed by atoms with Crippen molar-refractivity contribution in [3.8, 4) is 17.2 Å². The molecule has 128 valence electrons. The van der Waals surface area contributed by atoms with E-state index in [1.165, 1.54) is 12.1 Å². The average molecular weight is 346 g/mol. The van der Waals surface area contributed by atoms with Gasteiger partial charge in [-0.2, -0.15) is 5.26 Å². The minimum atomic E-state index is -0.609. The van der Waals surface area contributed by atoms with E-state index in [1.54, 1.807) is 18.3 Å². The standard InChI is InChI=1S/C20H15FN4O/c1-13-10-16(8-9-23-13)15-3-5-17(6-4-15)24-20(26)25-19-11-14(12-22)2-7-18(19)21/h2-11H,1H3,(H2,24,25,26). The van der Waals surface area contributed by atoms with Crippen molar-refractivity contribution in [2.24, 2.45) is 0 Å². The minimum Gasteiger partial charge on any atom is -0.308 e. The molecule has 3 rings (SSSR count). The summed E-state index contributed by atoms with van der Waals surface area (Å²) in [6, 6.07) is 16.2. The van der Waals surface area contributed by atoms with Gasteiger partial charge in [-0.25, -0.2) is 9.18 Å². The number of rotatable bonds is 3. The van der Waals surface area contributed by atoms with Gasteiger partial charge in [0.2, 0.25) is 0 Å². The van der Waals surface area contributed by atoms with E-state index in [0.717, 1.165) is 22.9 Å². The van der Waals surface area contributed by atoms with E-state index in [4.69, 9.17) is 5.26 Å². The van der Waals surface area contributed by atoms with Crippen LogP contribution in [0.3, 0.4) is 0 Å². The normalized spacial score (nSPS) is 10.0. The van der Waals surface area contributed by atoms with E-state index < -0.39 is 11.8 Å². The van der Waals surface area contributed by atoms with Crippen molar-refractivity contribution in [2.45, 2.75) is 6.92 Å². The van der Waals surface area contributed by atoms with Gasteiger partial charge in [0.1, 0.15) is 5.82 Å². The number of hydrogen-bond donors (Lipinski definition) is 2. The number of aryl methyl sites for hydroxylation is 1. The number of aromatic nitrogens is 1. The Morgan fingerprint density at radius 3 is 2.50 bits per heavy atom. The molecule has 0 aliphatic rings. The topological polar surface area (TPSA) is 77.8 Å². The van der Waals surface area contributed by atoms with Crippen LogP contribution in [-0.4, -0.2) is 11.0 Å². The van der Waals surface area contributed by atoms with Crippen LogP contribution < -0.4 is 10.6 Å². The van der Waals surface area contributed by atoms with Crippen molar-refractivity contribution in [3.63, 3.8) is 0 Å². The molecule has 1 aromatic heterocycles. The number of nitriles is 1. The largest absolute Gasteiger partial charge is 0.323 e. The Bertz CT molecular complexity index is 993. The number of nitrogens with one attached hydrogen (secondary N) is 2. The lowest BCUT2D eigenvalue weighted by molar-refractivity contribution is 0.262. The van der Waals surface area contributed by atoms with Crippen molar-refractivity contribution >= 4 is 17.4 Å². The van der Waals surface area contributed by atoms with Crippen LogP contribution in [-0.2, 0) is 0 Å². The maximum Gasteiger partial charge on any atom is 0.323 e. The van der Waals surface area contributed by atoms with E-state index in [9.17, 15) is 9.18 Å². The zero-order valence-corrected chi connectivity index (χ0v) is 14.0. The van der Waals surface area contributed by atoms with Gasteiger partial charge in [0.05, 0.1) is 17.3 Å². The van der Waals surface area contributed by atoms with E-state index in [1.807, 2.05) is 37.3 Å².